The van der Waals surface area contributed by atoms with Crippen molar-refractivity contribution in [2.45, 2.75) is 20.3 Å². The molecule has 0 saturated carbocycles. The van der Waals surface area contributed by atoms with Crippen molar-refractivity contribution in [2.75, 3.05) is 0 Å². The number of fused-ring (bicyclic) bond motifs is 1. The second kappa shape index (κ2) is 2.16. The standard InChI is InChI=1S/C9H10O2/c1-3-8-5-7-4-6(2)10-9(7)11-8/h4-5H,3H2,1-2H3. The van der Waals surface area contributed by atoms with Crippen LogP contribution >= 0.6 is 0 Å². The van der Waals surface area contributed by atoms with Gasteiger partial charge in [-0.2, -0.15) is 0 Å². The lowest BCUT2D eigenvalue weighted by Crippen LogP contribution is -1.68. The fourth-order valence-corrected chi connectivity index (χ4v) is 1.19. The molecule has 0 saturated heterocycles. The van der Waals surface area contributed by atoms with E-state index in [-0.39, 0.29) is 0 Å². The van der Waals surface area contributed by atoms with Crippen molar-refractivity contribution in [3.05, 3.63) is 23.7 Å². The van der Waals surface area contributed by atoms with Crippen molar-refractivity contribution in [2.24, 2.45) is 0 Å². The first kappa shape index (κ1) is 6.53. The SMILES string of the molecule is CCc1cc2cc(C)oc2o1. The van der Waals surface area contributed by atoms with E-state index in [2.05, 4.69) is 6.92 Å². The fourth-order valence-electron chi connectivity index (χ4n) is 1.19. The number of aryl methyl sites for hydroxylation is 2. The normalized spacial score (nSPS) is 11.1. The summed E-state index contributed by atoms with van der Waals surface area (Å²) in [6.07, 6.45) is 0.920. The molecule has 2 nitrogen and oxygen atoms in total. The molecule has 0 fully saturated rings. The molecule has 2 rings (SSSR count). The van der Waals surface area contributed by atoms with E-state index in [9.17, 15) is 0 Å². The topological polar surface area (TPSA) is 26.3 Å². The Morgan fingerprint density at radius 1 is 1.27 bits per heavy atom. The quantitative estimate of drug-likeness (QED) is 0.624. The lowest BCUT2D eigenvalue weighted by atomic mass is 10.3. The summed E-state index contributed by atoms with van der Waals surface area (Å²) < 4.78 is 10.7. The predicted octanol–water partition coefficient (Wildman–Crippen LogP) is 2.90. The molecule has 0 unspecified atom stereocenters. The summed E-state index contributed by atoms with van der Waals surface area (Å²) in [6, 6.07) is 4.00. The molecule has 0 bridgehead atoms. The summed E-state index contributed by atoms with van der Waals surface area (Å²) in [5.41, 5.74) is 0. The van der Waals surface area contributed by atoms with Crippen LogP contribution in [0.1, 0.15) is 18.4 Å². The molecular weight excluding hydrogens is 140 g/mol. The maximum Gasteiger partial charge on any atom is 0.297 e. The third-order valence-corrected chi connectivity index (χ3v) is 1.74. The number of hydrogen-bond donors (Lipinski definition) is 0. The van der Waals surface area contributed by atoms with Crippen LogP contribution in [0.25, 0.3) is 11.2 Å². The van der Waals surface area contributed by atoms with Gasteiger partial charge in [0.1, 0.15) is 11.5 Å². The minimum Gasteiger partial charge on any atom is -0.430 e. The van der Waals surface area contributed by atoms with Crippen LogP contribution in [0.15, 0.2) is 21.0 Å². The van der Waals surface area contributed by atoms with Crippen LogP contribution in [0.2, 0.25) is 0 Å². The van der Waals surface area contributed by atoms with Gasteiger partial charge in [0, 0.05) is 6.42 Å². The highest BCUT2D eigenvalue weighted by atomic mass is 16.5. The van der Waals surface area contributed by atoms with Gasteiger partial charge in [0.05, 0.1) is 5.39 Å². The first-order valence-electron chi connectivity index (χ1n) is 3.78. The average Bonchev–Trinajstić information content (AvgIpc) is 2.43. The zero-order valence-electron chi connectivity index (χ0n) is 6.68. The van der Waals surface area contributed by atoms with Gasteiger partial charge in [-0.05, 0) is 19.1 Å². The largest absolute Gasteiger partial charge is 0.430 e. The van der Waals surface area contributed by atoms with Crippen molar-refractivity contribution < 1.29 is 8.83 Å². The van der Waals surface area contributed by atoms with Crippen molar-refractivity contribution in [3.8, 4) is 0 Å². The molecule has 0 N–H and O–H groups in total. The van der Waals surface area contributed by atoms with Gasteiger partial charge in [0.15, 0.2) is 0 Å². The van der Waals surface area contributed by atoms with Crippen LogP contribution in [0.4, 0.5) is 0 Å². The molecule has 0 radical (unpaired) electrons. The van der Waals surface area contributed by atoms with Crippen molar-refractivity contribution in [1.29, 1.82) is 0 Å². The molecule has 2 heterocycles. The molecule has 0 aliphatic carbocycles. The Bertz CT molecular complexity index is 336. The zero-order chi connectivity index (χ0) is 7.84. The van der Waals surface area contributed by atoms with Gasteiger partial charge in [-0.25, -0.2) is 0 Å². The summed E-state index contributed by atoms with van der Waals surface area (Å²) in [5.74, 6) is 2.54. The van der Waals surface area contributed by atoms with E-state index < -0.39 is 0 Å². The Balaban J connectivity index is 2.64. The fraction of sp³-hybridized carbons (Fsp3) is 0.333. The molecular formula is C9H10O2. The molecule has 0 amide bonds. The average molecular weight is 150 g/mol. The molecule has 0 atom stereocenters. The first-order chi connectivity index (χ1) is 5.29. The summed E-state index contributed by atoms with van der Waals surface area (Å²) in [7, 11) is 0. The maximum atomic E-state index is 5.37. The van der Waals surface area contributed by atoms with Crippen LogP contribution in [-0.4, -0.2) is 0 Å². The van der Waals surface area contributed by atoms with Gasteiger partial charge >= 0.3 is 0 Å². The van der Waals surface area contributed by atoms with Gasteiger partial charge in [-0.3, -0.25) is 0 Å². The molecule has 2 aromatic rings. The second-order valence-corrected chi connectivity index (χ2v) is 2.67. The van der Waals surface area contributed by atoms with Gasteiger partial charge in [-0.15, -0.1) is 0 Å². The summed E-state index contributed by atoms with van der Waals surface area (Å²) in [4.78, 5) is 0. The smallest absolute Gasteiger partial charge is 0.297 e. The summed E-state index contributed by atoms with van der Waals surface area (Å²) in [5, 5.41) is 1.07. The Labute approximate surface area is 64.8 Å². The highest BCUT2D eigenvalue weighted by Crippen LogP contribution is 2.22. The van der Waals surface area contributed by atoms with Crippen molar-refractivity contribution in [3.63, 3.8) is 0 Å². The van der Waals surface area contributed by atoms with Crippen LogP contribution in [-0.2, 0) is 6.42 Å². The van der Waals surface area contributed by atoms with Crippen LogP contribution < -0.4 is 0 Å². The van der Waals surface area contributed by atoms with E-state index in [1.165, 1.54) is 0 Å². The zero-order valence-corrected chi connectivity index (χ0v) is 6.68. The van der Waals surface area contributed by atoms with Gasteiger partial charge < -0.3 is 8.83 Å². The monoisotopic (exact) mass is 150 g/mol. The van der Waals surface area contributed by atoms with E-state index >= 15 is 0 Å². The number of hydrogen-bond acceptors (Lipinski definition) is 2. The number of furan rings is 2. The van der Waals surface area contributed by atoms with Crippen molar-refractivity contribution >= 4 is 11.2 Å². The second-order valence-electron chi connectivity index (χ2n) is 2.67. The van der Waals surface area contributed by atoms with E-state index in [4.69, 9.17) is 8.83 Å². The third kappa shape index (κ3) is 0.946. The predicted molar refractivity (Wildman–Crippen MR) is 42.6 cm³/mol. The molecule has 2 aromatic heterocycles. The molecule has 0 spiro atoms. The van der Waals surface area contributed by atoms with Crippen molar-refractivity contribution in [1.82, 2.24) is 0 Å². The Morgan fingerprint density at radius 2 is 2.09 bits per heavy atom. The molecule has 58 valence electrons. The van der Waals surface area contributed by atoms with Crippen LogP contribution in [0, 0.1) is 6.92 Å². The van der Waals surface area contributed by atoms with Crippen LogP contribution in [0.5, 0.6) is 0 Å². The molecule has 11 heavy (non-hydrogen) atoms. The van der Waals surface area contributed by atoms with E-state index in [0.29, 0.717) is 5.78 Å². The van der Waals surface area contributed by atoms with Gasteiger partial charge in [-0.1, -0.05) is 6.92 Å². The Kier molecular flexibility index (Phi) is 1.28. The minimum atomic E-state index is 0.652. The molecule has 0 aromatic carbocycles. The van der Waals surface area contributed by atoms with E-state index in [1.807, 2.05) is 19.1 Å². The lowest BCUT2D eigenvalue weighted by molar-refractivity contribution is 0.441. The molecule has 2 heteroatoms. The minimum absolute atomic E-state index is 0.652. The van der Waals surface area contributed by atoms with E-state index in [1.54, 1.807) is 0 Å². The molecule has 0 aliphatic heterocycles. The first-order valence-corrected chi connectivity index (χ1v) is 3.78. The molecule has 0 aliphatic rings. The van der Waals surface area contributed by atoms with Gasteiger partial charge in [0.25, 0.3) is 5.78 Å². The van der Waals surface area contributed by atoms with Crippen LogP contribution in [0.3, 0.4) is 0 Å². The Morgan fingerprint density at radius 3 is 2.73 bits per heavy atom. The summed E-state index contributed by atoms with van der Waals surface area (Å²) in [6.45, 7) is 3.98. The van der Waals surface area contributed by atoms with E-state index in [0.717, 1.165) is 23.3 Å². The third-order valence-electron chi connectivity index (χ3n) is 1.74. The summed E-state index contributed by atoms with van der Waals surface area (Å²) >= 11 is 0. The number of rotatable bonds is 1. The maximum absolute atomic E-state index is 5.37. The Hall–Kier alpha value is -1.18. The van der Waals surface area contributed by atoms with Gasteiger partial charge in [0.2, 0.25) is 0 Å². The lowest BCUT2D eigenvalue weighted by Gasteiger charge is -1.83. The highest BCUT2D eigenvalue weighted by Gasteiger charge is 2.05. The highest BCUT2D eigenvalue weighted by molar-refractivity contribution is 5.73.